The number of ether oxygens (including phenoxy) is 4. The van der Waals surface area contributed by atoms with E-state index in [1.54, 1.807) is 52.3 Å². The van der Waals surface area contributed by atoms with Gasteiger partial charge in [0.05, 0.1) is 67.5 Å². The number of carboxylic acid groups (broad SMARTS) is 1. The number of ketones is 4. The normalized spacial score (nSPS) is 18.7. The topological polar surface area (TPSA) is 397 Å². The number of methoxy groups -OCH3 is 4. The molecule has 0 bridgehead atoms. The number of nitrogens with one attached hydrogen (secondary N) is 6. The summed E-state index contributed by atoms with van der Waals surface area (Å²) in [6.45, 7) is 32.6. The molecule has 0 spiro atoms. The standard InChI is InChI=1S/C47H78N4O7.C47H77N4O7.C2HF3O2.2C2H6N2.3HI.2Pt/c1-12-32(4)44(50(9)47(56)38(31(2)3)28-41(53)34(6)49(7)8)42(57-10)29-43(54)51-25-19-24-39(51)45(58-11)33(5)40(52)27-37(26-35-20-15-13-16-21-35)46(55)48-30-36-22-17-14-18-23-36;1-12-32(6)44(50(9)47(56)38(31(4)5)27-41(53)33(7)30(2)3)42(57-10)28-43(54)51-24-16-19-39(51)45(58-11)34(8)40(52)26-37(25-35-17-14-13-15-18-35)46(55)49-29-36-20-22-48-23-21-36;3-2(4,5)1(6)7;2*3-1-2-4;;;;;/h13,15-16,20-21,31-34,36-39,42,44-45H,12,14,17-19,22-30H2,1-11H3,(H,48,55);13-15,17-18,30-34,36-39,42,44-45H,12,16,19-29H2,1-11H3,(H,49,55);(H,6,7);2*3-4H,1-2H2;3*1H;;/q;-1;;2*-2;;;;+1;+4/p-4/t32-,33-,34-,37+,38-,39-,42+,44-,45+;32-,33+,34-,37+,38-,39-,42+,44-,45+;;;;;;;;/m00......../s1. The van der Waals surface area contributed by atoms with Gasteiger partial charge in [0.25, 0.3) is 0 Å². The van der Waals surface area contributed by atoms with Gasteiger partial charge in [-0.1, -0.05) is 196 Å². The van der Waals surface area contributed by atoms with Crippen LogP contribution in [0.2, 0.25) is 0 Å². The molecular weight excluding hydrogens is 2450 g/mol. The Labute approximate surface area is 864 Å². The summed E-state index contributed by atoms with van der Waals surface area (Å²) in [7, 11) is 13.7. The smallest absolute Gasteiger partial charge is 0.171 e. The summed E-state index contributed by atoms with van der Waals surface area (Å²) in [5.74, 6) is -5.90. The zero-order chi connectivity index (χ0) is 104. The quantitative estimate of drug-likeness (QED) is 0.0581. The van der Waals surface area contributed by atoms with E-state index in [0.29, 0.717) is 74.9 Å². The van der Waals surface area contributed by atoms with Crippen molar-refractivity contribution in [1.29, 1.82) is 0 Å². The molecule has 136 heavy (non-hydrogen) atoms. The molecule has 4 fully saturated rings. The van der Waals surface area contributed by atoms with Crippen molar-refractivity contribution in [2.45, 2.75) is 293 Å². The van der Waals surface area contributed by atoms with Crippen LogP contribution in [0.5, 0.6) is 0 Å². The van der Waals surface area contributed by atoms with E-state index in [1.165, 1.54) is 19.3 Å². The van der Waals surface area contributed by atoms with Gasteiger partial charge in [0.1, 0.15) is 29.1 Å². The molecule has 0 unspecified atom stereocenters. The molecule has 6 N–H and O–H groups in total. The van der Waals surface area contributed by atoms with Crippen molar-refractivity contribution in [3.63, 3.8) is 0 Å². The summed E-state index contributed by atoms with van der Waals surface area (Å²) in [5, 5.41) is 19.6. The van der Waals surface area contributed by atoms with Crippen molar-refractivity contribution in [1.82, 2.24) is 35.1 Å². The zero-order valence-electron chi connectivity index (χ0n) is 85.1. The molecule has 3 heterocycles. The summed E-state index contributed by atoms with van der Waals surface area (Å²) in [5.41, 5.74) is 27.1. The summed E-state index contributed by atoms with van der Waals surface area (Å²) >= 11 is 9.53. The third-order valence-electron chi connectivity index (χ3n) is 27.6. The Kier molecular flexibility index (Phi) is 71.5. The van der Waals surface area contributed by atoms with Gasteiger partial charge in [-0.25, -0.2) is 0 Å². The van der Waals surface area contributed by atoms with Gasteiger partial charge in [-0.2, -0.15) is 39.4 Å². The first-order chi connectivity index (χ1) is 64.3. The molecule has 2 aromatic rings. The molecule has 6 rings (SSSR count). The van der Waals surface area contributed by atoms with E-state index in [2.05, 4.69) is 118 Å². The zero-order valence-corrected chi connectivity index (χ0v) is 96.1. The number of Topliss-reactive ketones (excluding diaryl/α,β-unsaturated/α-hetero) is 4. The molecular formula is C100H167F3I3N12O16Pt2-4. The third-order valence-corrected chi connectivity index (χ3v) is 27.6. The Hall–Kier alpha value is -3.63. The molecule has 1 saturated carbocycles. The van der Waals surface area contributed by atoms with Crippen molar-refractivity contribution in [3.05, 3.63) is 100 Å². The van der Waals surface area contributed by atoms with Crippen LogP contribution in [-0.2, 0) is 112 Å². The van der Waals surface area contributed by atoms with Crippen molar-refractivity contribution in [2.75, 3.05) is 122 Å². The molecule has 1 aliphatic carbocycles. The number of likely N-dealkylation sites (N-methyl/N-ethyl adjacent to an activating group) is 3. The van der Waals surface area contributed by atoms with Crippen LogP contribution in [-0.4, -0.2) is 272 Å². The van der Waals surface area contributed by atoms with Crippen LogP contribution in [0.25, 0.3) is 28.3 Å². The van der Waals surface area contributed by atoms with Gasteiger partial charge in [-0.3, -0.25) is 52.8 Å². The number of nitrogens with zero attached hydrogens (tertiary/aromatic N) is 6. The van der Waals surface area contributed by atoms with E-state index >= 15 is 0 Å². The van der Waals surface area contributed by atoms with Gasteiger partial charge in [-0.15, -0.1) is 13.1 Å². The van der Waals surface area contributed by atoms with Gasteiger partial charge in [0.2, 0.25) is 35.4 Å². The number of piperidine rings is 1. The monoisotopic (exact) mass is 2620 g/mol. The first-order valence-electron chi connectivity index (χ1n) is 48.4. The van der Waals surface area contributed by atoms with Crippen LogP contribution in [0.15, 0.2) is 60.7 Å². The average molecular weight is 2620 g/mol. The van der Waals surface area contributed by atoms with Crippen molar-refractivity contribution >= 4 is 123 Å². The Balaban J connectivity index is 0.00000223. The number of carbonyl (C=O) groups is 11. The van der Waals surface area contributed by atoms with E-state index < -0.39 is 84.2 Å². The number of carboxylic acids is 1. The van der Waals surface area contributed by atoms with Gasteiger partial charge in [0.15, 0.2) is 0 Å². The Morgan fingerprint density at radius 3 is 1.12 bits per heavy atom. The Morgan fingerprint density at radius 2 is 0.824 bits per heavy atom. The molecule has 6 amide bonds. The minimum absolute atomic E-state index is 0.0124. The number of aliphatic carboxylic acids is 1. The van der Waals surface area contributed by atoms with Gasteiger partial charge < -0.3 is 87.3 Å². The van der Waals surface area contributed by atoms with E-state index in [-0.39, 0.29) is 177 Å². The maximum Gasteiger partial charge on any atom is -0.171 e. The predicted octanol–water partition coefficient (Wildman–Crippen LogP) is 17.9. The second kappa shape index (κ2) is 73.4. The molecule has 789 valence electrons. The number of benzene rings is 2. The number of halogens is 6. The number of hydrogen-bond donors (Lipinski definition) is 2. The second-order valence-corrected chi connectivity index (χ2v) is 54.5. The van der Waals surface area contributed by atoms with Crippen LogP contribution in [0.4, 0.5) is 13.2 Å². The summed E-state index contributed by atoms with van der Waals surface area (Å²) in [6, 6.07) is 17.9. The molecule has 18 atom stereocenters. The number of likely N-dealkylation sites (tertiary alicyclic amines) is 2. The number of rotatable bonds is 50. The maximum atomic E-state index is 14.3. The van der Waals surface area contributed by atoms with Crippen LogP contribution < -0.4 is 15.7 Å². The molecule has 0 radical (unpaired) electrons. The number of hydrogen-bond acceptors (Lipinski definition) is 17. The molecule has 0 aromatic heterocycles. The minimum Gasteiger partial charge on any atom is -0.679 e. The largest absolute Gasteiger partial charge is 0.679 e. The summed E-state index contributed by atoms with van der Waals surface area (Å²) in [4.78, 5) is 157. The van der Waals surface area contributed by atoms with Gasteiger partial charge in [-0.05, 0) is 125 Å². The van der Waals surface area contributed by atoms with E-state index in [0.717, 1.165) is 75.6 Å². The SMILES string of the molecule is CC[C@H](C)[C@@H]([C@@H](CC(=O)N1CCC[C@H]1[C@H](OC)[C@@H](C)C(=O)C[C@@H](Cc1ccccc1)C(=O)NCC1CCCCC1)OC)N(C)C(=O)[C@@H](CC(=O)[C@H](C)N(C)C)C(C)C.CC[C@H](C)[C@@H]([C@@H](CC(=O)N1CCC[C@H]1[C@H](OC)[C@@H](C)C(=O)C[C@@H](Cc1ccccc1)C(=O)NCC1CC[N-]CC1)OC)N(C)C(=O)[C@@H](CC(=O)[C@H](C)C(C)C)C(C)C.O=C([O-])C(F)(F)F.[I][Pt+2][I].[I][Pt].[NH-]CC[NH-].[NH-]CC[NH-]. The predicted molar refractivity (Wildman–Crippen MR) is 550 cm³/mol. The second-order valence-electron chi connectivity index (χ2n) is 37.9. The first kappa shape index (κ1) is 132. The first-order valence-corrected chi connectivity index (χ1v) is 67.7. The molecule has 4 aliphatic rings. The van der Waals surface area contributed by atoms with Crippen LogP contribution >= 0.6 is 58.1 Å². The van der Waals surface area contributed by atoms with E-state index in [1.807, 2.05) is 159 Å². The Bertz CT molecular complexity index is 3480. The minimum atomic E-state index is -5.19. The fourth-order valence-corrected chi connectivity index (χ4v) is 18.2. The number of carbonyl (C=O) groups excluding carboxylic acids is 11. The van der Waals surface area contributed by atoms with Crippen LogP contribution in [0, 0.1) is 82.9 Å². The maximum absolute atomic E-state index is 14.3. The summed E-state index contributed by atoms with van der Waals surface area (Å²) < 4.78 is 55.8. The molecule has 2 aromatic carbocycles. The van der Waals surface area contributed by atoms with Gasteiger partial charge in [0, 0.05) is 136 Å². The number of amides is 6. The summed E-state index contributed by atoms with van der Waals surface area (Å²) in [6.07, 6.45) is 6.34. The van der Waals surface area contributed by atoms with Crippen LogP contribution in [0.1, 0.15) is 230 Å². The van der Waals surface area contributed by atoms with Crippen molar-refractivity contribution in [2.24, 2.45) is 82.9 Å². The molecule has 3 saturated heterocycles. The molecule has 36 heteroatoms. The number of alkyl halides is 3. The van der Waals surface area contributed by atoms with Crippen molar-refractivity contribution in [3.8, 4) is 0 Å². The molecule has 3 aliphatic heterocycles. The van der Waals surface area contributed by atoms with Gasteiger partial charge >= 0.3 is 91.6 Å². The van der Waals surface area contributed by atoms with E-state index in [4.69, 9.17) is 51.8 Å². The average Bonchev–Trinajstić information content (AvgIpc) is 1.24. The van der Waals surface area contributed by atoms with Crippen molar-refractivity contribution < 1.29 is 117 Å². The van der Waals surface area contributed by atoms with Crippen LogP contribution in [0.3, 0.4) is 0 Å². The fourth-order valence-electron chi connectivity index (χ4n) is 18.2. The molecule has 28 nitrogen and oxygen atoms in total. The Morgan fingerprint density at radius 1 is 0.493 bits per heavy atom. The third kappa shape index (κ3) is 47.5. The van der Waals surface area contributed by atoms with E-state index in [9.17, 15) is 61.1 Å². The fraction of sp³-hybridized carbons (Fsp3) is 0.770.